The molecule has 1 aromatic rings. The molecule has 7 heteroatoms. The standard InChI is InChI=1S/C18H25BrFNO4/c1-6-11-8-12(19)9-13(16(11)20)14(10-15(22)24-7-2)21-17(23)25-18(3,4)5/h8-9,14H,6-7,10H2,1-5H3,(H,21,23)/t14-/m0/s1. The molecule has 0 saturated carbocycles. The van der Waals surface area contributed by atoms with Gasteiger partial charge in [-0.3, -0.25) is 4.79 Å². The number of carbonyl (C=O) groups is 2. The molecule has 0 heterocycles. The van der Waals surface area contributed by atoms with Crippen molar-refractivity contribution < 1.29 is 23.5 Å². The molecule has 1 aromatic carbocycles. The third-order valence-corrected chi connectivity index (χ3v) is 3.72. The maximum absolute atomic E-state index is 14.8. The number of hydrogen-bond donors (Lipinski definition) is 1. The van der Waals surface area contributed by atoms with Gasteiger partial charge >= 0.3 is 12.1 Å². The van der Waals surface area contributed by atoms with Crippen molar-refractivity contribution in [3.8, 4) is 0 Å². The van der Waals surface area contributed by atoms with Crippen molar-refractivity contribution in [1.29, 1.82) is 0 Å². The van der Waals surface area contributed by atoms with Gasteiger partial charge in [-0.05, 0) is 51.8 Å². The summed E-state index contributed by atoms with van der Waals surface area (Å²) in [6.07, 6.45) is -0.431. The lowest BCUT2D eigenvalue weighted by atomic mass is 9.99. The lowest BCUT2D eigenvalue weighted by Gasteiger charge is -2.24. The zero-order valence-corrected chi connectivity index (χ0v) is 16.8. The maximum atomic E-state index is 14.8. The molecule has 0 unspecified atom stereocenters. The van der Waals surface area contributed by atoms with Gasteiger partial charge in [0, 0.05) is 10.0 Å². The van der Waals surface area contributed by atoms with Crippen molar-refractivity contribution in [3.63, 3.8) is 0 Å². The van der Waals surface area contributed by atoms with Gasteiger partial charge in [0.05, 0.1) is 19.1 Å². The van der Waals surface area contributed by atoms with E-state index < -0.39 is 29.5 Å². The van der Waals surface area contributed by atoms with Crippen LogP contribution in [-0.2, 0) is 20.7 Å². The number of nitrogens with one attached hydrogen (secondary N) is 1. The van der Waals surface area contributed by atoms with Gasteiger partial charge in [-0.25, -0.2) is 9.18 Å². The molecule has 0 spiro atoms. The number of ether oxygens (including phenoxy) is 2. The zero-order valence-electron chi connectivity index (χ0n) is 15.2. The predicted octanol–water partition coefficient (Wildman–Crippen LogP) is 4.67. The molecular formula is C18H25BrFNO4. The van der Waals surface area contributed by atoms with Gasteiger partial charge in [0.2, 0.25) is 0 Å². The Labute approximate surface area is 156 Å². The van der Waals surface area contributed by atoms with Gasteiger partial charge in [-0.15, -0.1) is 0 Å². The molecule has 1 rings (SSSR count). The van der Waals surface area contributed by atoms with Crippen LogP contribution in [0, 0.1) is 5.82 Å². The minimum atomic E-state index is -0.892. The number of benzene rings is 1. The van der Waals surface area contributed by atoms with Crippen LogP contribution in [-0.4, -0.2) is 24.3 Å². The minimum absolute atomic E-state index is 0.191. The third-order valence-electron chi connectivity index (χ3n) is 3.26. The van der Waals surface area contributed by atoms with Crippen molar-refractivity contribution in [2.75, 3.05) is 6.61 Å². The number of esters is 1. The summed E-state index contributed by atoms with van der Waals surface area (Å²) in [5.74, 6) is -0.975. The molecule has 1 N–H and O–H groups in total. The molecule has 0 aliphatic rings. The summed E-state index contributed by atoms with van der Waals surface area (Å²) in [7, 11) is 0. The summed E-state index contributed by atoms with van der Waals surface area (Å²) in [5.41, 5.74) is -0.00229. The monoisotopic (exact) mass is 417 g/mol. The van der Waals surface area contributed by atoms with Crippen molar-refractivity contribution >= 4 is 28.0 Å². The van der Waals surface area contributed by atoms with Crippen LogP contribution in [0.15, 0.2) is 16.6 Å². The molecule has 5 nitrogen and oxygen atoms in total. The minimum Gasteiger partial charge on any atom is -0.466 e. The second kappa shape index (κ2) is 9.17. The highest BCUT2D eigenvalue weighted by Gasteiger charge is 2.26. The Balaban J connectivity index is 3.16. The first-order chi connectivity index (χ1) is 11.6. The van der Waals surface area contributed by atoms with Gasteiger partial charge in [0.15, 0.2) is 0 Å². The second-order valence-corrected chi connectivity index (χ2v) is 7.45. The Hall–Kier alpha value is -1.63. The fourth-order valence-corrected chi connectivity index (χ4v) is 2.78. The summed E-state index contributed by atoms with van der Waals surface area (Å²) in [5, 5.41) is 2.58. The first kappa shape index (κ1) is 21.4. The van der Waals surface area contributed by atoms with Gasteiger partial charge < -0.3 is 14.8 Å². The van der Waals surface area contributed by atoms with Crippen LogP contribution in [0.2, 0.25) is 0 Å². The van der Waals surface area contributed by atoms with E-state index in [0.717, 1.165) is 0 Å². The van der Waals surface area contributed by atoms with E-state index in [1.165, 1.54) is 0 Å². The molecule has 140 valence electrons. The highest BCUT2D eigenvalue weighted by molar-refractivity contribution is 9.10. The number of alkyl carbamates (subject to hydrolysis) is 1. The van der Waals surface area contributed by atoms with Crippen molar-refractivity contribution in [2.24, 2.45) is 0 Å². The number of amides is 1. The summed E-state index contributed by atoms with van der Waals surface area (Å²) < 4.78 is 25.6. The second-order valence-electron chi connectivity index (χ2n) is 6.53. The summed E-state index contributed by atoms with van der Waals surface area (Å²) in [6.45, 7) is 8.89. The van der Waals surface area contributed by atoms with Gasteiger partial charge in [0.1, 0.15) is 11.4 Å². The van der Waals surface area contributed by atoms with Gasteiger partial charge in [-0.1, -0.05) is 22.9 Å². The molecule has 0 aliphatic heterocycles. The number of rotatable bonds is 6. The molecular weight excluding hydrogens is 393 g/mol. The third kappa shape index (κ3) is 7.02. The number of hydrogen-bond acceptors (Lipinski definition) is 4. The lowest BCUT2D eigenvalue weighted by Crippen LogP contribution is -2.36. The fraction of sp³-hybridized carbons (Fsp3) is 0.556. The van der Waals surface area contributed by atoms with Crippen LogP contribution in [0.3, 0.4) is 0 Å². The Kier molecular flexibility index (Phi) is 7.86. The van der Waals surface area contributed by atoms with Crippen LogP contribution >= 0.6 is 15.9 Å². The highest BCUT2D eigenvalue weighted by atomic mass is 79.9. The van der Waals surface area contributed by atoms with E-state index in [2.05, 4.69) is 21.2 Å². The molecule has 1 atom stereocenters. The van der Waals surface area contributed by atoms with Crippen molar-refractivity contribution in [2.45, 2.75) is 59.1 Å². The van der Waals surface area contributed by atoms with Gasteiger partial charge in [0.25, 0.3) is 0 Å². The first-order valence-electron chi connectivity index (χ1n) is 8.20. The van der Waals surface area contributed by atoms with E-state index in [4.69, 9.17) is 9.47 Å². The van der Waals surface area contributed by atoms with Crippen LogP contribution in [0.5, 0.6) is 0 Å². The topological polar surface area (TPSA) is 64.6 Å². The Morgan fingerprint density at radius 3 is 2.44 bits per heavy atom. The predicted molar refractivity (Wildman–Crippen MR) is 96.8 cm³/mol. The molecule has 1 amide bonds. The SMILES string of the molecule is CCOC(=O)C[C@H](NC(=O)OC(C)(C)C)c1cc(Br)cc(CC)c1F. The summed E-state index contributed by atoms with van der Waals surface area (Å²) >= 11 is 3.34. The quantitative estimate of drug-likeness (QED) is 0.682. The summed E-state index contributed by atoms with van der Waals surface area (Å²) in [6, 6.07) is 2.33. The van der Waals surface area contributed by atoms with E-state index in [1.54, 1.807) is 39.8 Å². The molecule has 25 heavy (non-hydrogen) atoms. The van der Waals surface area contributed by atoms with Crippen LogP contribution in [0.1, 0.15) is 58.2 Å². The van der Waals surface area contributed by atoms with E-state index in [1.807, 2.05) is 6.92 Å². The number of carbonyl (C=O) groups excluding carboxylic acids is 2. The fourth-order valence-electron chi connectivity index (χ4n) is 2.25. The zero-order chi connectivity index (χ0) is 19.2. The molecule has 0 radical (unpaired) electrons. The summed E-state index contributed by atoms with van der Waals surface area (Å²) in [4.78, 5) is 24.0. The Bertz CT molecular complexity index is 628. The molecule has 0 aromatic heterocycles. The Morgan fingerprint density at radius 2 is 1.92 bits per heavy atom. The molecule has 0 bridgehead atoms. The van der Waals surface area contributed by atoms with E-state index in [9.17, 15) is 14.0 Å². The molecule has 0 aliphatic carbocycles. The van der Waals surface area contributed by atoms with Gasteiger partial charge in [-0.2, -0.15) is 0 Å². The van der Waals surface area contributed by atoms with E-state index in [-0.39, 0.29) is 18.6 Å². The normalized spacial score (nSPS) is 12.4. The average molecular weight is 418 g/mol. The maximum Gasteiger partial charge on any atom is 0.408 e. The lowest BCUT2D eigenvalue weighted by molar-refractivity contribution is -0.143. The molecule has 0 fully saturated rings. The van der Waals surface area contributed by atoms with Crippen molar-refractivity contribution in [1.82, 2.24) is 5.32 Å². The van der Waals surface area contributed by atoms with Crippen LogP contribution in [0.25, 0.3) is 0 Å². The highest BCUT2D eigenvalue weighted by Crippen LogP contribution is 2.28. The van der Waals surface area contributed by atoms with E-state index in [0.29, 0.717) is 16.5 Å². The van der Waals surface area contributed by atoms with Crippen LogP contribution < -0.4 is 5.32 Å². The van der Waals surface area contributed by atoms with Crippen molar-refractivity contribution in [3.05, 3.63) is 33.5 Å². The average Bonchev–Trinajstić information content (AvgIpc) is 2.46. The first-order valence-corrected chi connectivity index (χ1v) is 8.99. The largest absolute Gasteiger partial charge is 0.466 e. The molecule has 0 saturated heterocycles. The Morgan fingerprint density at radius 1 is 1.28 bits per heavy atom. The smallest absolute Gasteiger partial charge is 0.408 e. The van der Waals surface area contributed by atoms with E-state index >= 15 is 0 Å². The number of halogens is 2. The van der Waals surface area contributed by atoms with Crippen LogP contribution in [0.4, 0.5) is 9.18 Å². The number of aryl methyl sites for hydroxylation is 1.